The zero-order valence-corrected chi connectivity index (χ0v) is 12.4. The predicted octanol–water partition coefficient (Wildman–Crippen LogP) is 2.88. The first-order valence-electron chi connectivity index (χ1n) is 7.22. The fourth-order valence-electron chi connectivity index (χ4n) is 2.77. The third-order valence-corrected chi connectivity index (χ3v) is 3.92. The summed E-state index contributed by atoms with van der Waals surface area (Å²) in [6.07, 6.45) is 0.211. The Hall–Kier alpha value is -2.62. The lowest BCUT2D eigenvalue weighted by molar-refractivity contribution is -0.145. The number of nitrogens with zero attached hydrogens (tertiary/aromatic N) is 1. The first kappa shape index (κ1) is 14.3. The van der Waals surface area contributed by atoms with Crippen LogP contribution in [0.2, 0.25) is 0 Å². The molecule has 1 unspecified atom stereocenters. The van der Waals surface area contributed by atoms with Crippen molar-refractivity contribution in [1.29, 1.82) is 0 Å². The molecule has 112 valence electrons. The molecule has 0 saturated carbocycles. The zero-order valence-electron chi connectivity index (χ0n) is 12.4. The number of hydrogen-bond donors (Lipinski definition) is 0. The molecule has 22 heavy (non-hydrogen) atoms. The van der Waals surface area contributed by atoms with E-state index in [-0.39, 0.29) is 24.2 Å². The Kier molecular flexibility index (Phi) is 3.92. The van der Waals surface area contributed by atoms with E-state index in [1.165, 1.54) is 7.11 Å². The Labute approximate surface area is 129 Å². The Balaban J connectivity index is 1.87. The van der Waals surface area contributed by atoms with Crippen molar-refractivity contribution in [2.24, 2.45) is 5.92 Å². The highest BCUT2D eigenvalue weighted by molar-refractivity contribution is 5.99. The number of anilines is 1. The number of amides is 1. The highest BCUT2D eigenvalue weighted by atomic mass is 16.5. The van der Waals surface area contributed by atoms with Gasteiger partial charge in [-0.15, -0.1) is 0 Å². The van der Waals surface area contributed by atoms with Crippen LogP contribution in [0.1, 0.15) is 6.42 Å². The van der Waals surface area contributed by atoms with Crippen LogP contribution in [0.4, 0.5) is 5.69 Å². The quantitative estimate of drug-likeness (QED) is 0.818. The highest BCUT2D eigenvalue weighted by Crippen LogP contribution is 2.29. The molecule has 0 radical (unpaired) electrons. The lowest BCUT2D eigenvalue weighted by Gasteiger charge is -2.17. The van der Waals surface area contributed by atoms with E-state index in [1.807, 2.05) is 54.6 Å². The number of benzene rings is 2. The molecule has 1 saturated heterocycles. The minimum atomic E-state index is -0.377. The number of esters is 1. The normalized spacial score (nSPS) is 17.6. The Morgan fingerprint density at radius 2 is 1.82 bits per heavy atom. The van der Waals surface area contributed by atoms with Crippen LogP contribution < -0.4 is 4.90 Å². The third kappa shape index (κ3) is 2.72. The van der Waals surface area contributed by atoms with Gasteiger partial charge < -0.3 is 9.64 Å². The Morgan fingerprint density at radius 3 is 2.55 bits per heavy atom. The molecule has 2 aromatic rings. The lowest BCUT2D eigenvalue weighted by atomic mass is 10.1. The molecule has 2 aromatic carbocycles. The zero-order chi connectivity index (χ0) is 15.5. The topological polar surface area (TPSA) is 46.6 Å². The van der Waals surface area contributed by atoms with Crippen LogP contribution in [0.5, 0.6) is 0 Å². The van der Waals surface area contributed by atoms with Gasteiger partial charge in [-0.25, -0.2) is 0 Å². The molecule has 4 nitrogen and oxygen atoms in total. The smallest absolute Gasteiger partial charge is 0.311 e. The van der Waals surface area contributed by atoms with Crippen molar-refractivity contribution in [1.82, 2.24) is 0 Å². The van der Waals surface area contributed by atoms with E-state index in [4.69, 9.17) is 4.74 Å². The van der Waals surface area contributed by atoms with Crippen LogP contribution in [0, 0.1) is 5.92 Å². The van der Waals surface area contributed by atoms with Crippen LogP contribution in [0.3, 0.4) is 0 Å². The van der Waals surface area contributed by atoms with Crippen molar-refractivity contribution in [3.05, 3.63) is 54.6 Å². The maximum Gasteiger partial charge on any atom is 0.311 e. The summed E-state index contributed by atoms with van der Waals surface area (Å²) in [5.74, 6) is -0.742. The van der Waals surface area contributed by atoms with E-state index in [0.29, 0.717) is 6.54 Å². The van der Waals surface area contributed by atoms with Crippen LogP contribution in [0.25, 0.3) is 11.1 Å². The molecular formula is C18H17NO3. The van der Waals surface area contributed by atoms with Crippen molar-refractivity contribution in [3.8, 4) is 11.1 Å². The average Bonchev–Trinajstić information content (AvgIpc) is 2.97. The van der Waals surface area contributed by atoms with Crippen molar-refractivity contribution >= 4 is 17.6 Å². The van der Waals surface area contributed by atoms with Gasteiger partial charge in [0.15, 0.2) is 0 Å². The molecule has 0 N–H and O–H groups in total. The minimum Gasteiger partial charge on any atom is -0.469 e. The molecule has 1 fully saturated rings. The number of carbonyl (C=O) groups is 2. The van der Waals surface area contributed by atoms with Gasteiger partial charge in [0.2, 0.25) is 5.91 Å². The maximum atomic E-state index is 12.2. The van der Waals surface area contributed by atoms with E-state index < -0.39 is 0 Å². The first-order valence-corrected chi connectivity index (χ1v) is 7.22. The molecule has 0 aliphatic carbocycles. The van der Waals surface area contributed by atoms with Gasteiger partial charge in [-0.1, -0.05) is 42.5 Å². The number of rotatable bonds is 3. The van der Waals surface area contributed by atoms with Crippen molar-refractivity contribution < 1.29 is 14.3 Å². The lowest BCUT2D eigenvalue weighted by Crippen LogP contribution is -2.26. The maximum absolute atomic E-state index is 12.2. The second-order valence-electron chi connectivity index (χ2n) is 5.34. The largest absolute Gasteiger partial charge is 0.469 e. The number of methoxy groups -OCH3 is 1. The van der Waals surface area contributed by atoms with Crippen LogP contribution >= 0.6 is 0 Å². The van der Waals surface area contributed by atoms with Gasteiger partial charge in [-0.2, -0.15) is 0 Å². The summed E-state index contributed by atoms with van der Waals surface area (Å²) in [4.78, 5) is 25.5. The summed E-state index contributed by atoms with van der Waals surface area (Å²) in [5.41, 5.74) is 2.96. The van der Waals surface area contributed by atoms with Crippen LogP contribution in [0.15, 0.2) is 54.6 Å². The molecule has 1 atom stereocenters. The van der Waals surface area contributed by atoms with Gasteiger partial charge in [-0.05, 0) is 23.3 Å². The van der Waals surface area contributed by atoms with Crippen LogP contribution in [-0.4, -0.2) is 25.5 Å². The van der Waals surface area contributed by atoms with Crippen molar-refractivity contribution in [2.75, 3.05) is 18.6 Å². The van der Waals surface area contributed by atoms with Crippen molar-refractivity contribution in [2.45, 2.75) is 6.42 Å². The summed E-state index contributed by atoms with van der Waals surface area (Å²) in [7, 11) is 1.35. The summed E-state index contributed by atoms with van der Waals surface area (Å²) < 4.78 is 4.74. The number of ether oxygens (including phenoxy) is 1. The molecule has 0 bridgehead atoms. The fourth-order valence-corrected chi connectivity index (χ4v) is 2.77. The molecule has 4 heteroatoms. The Morgan fingerprint density at radius 1 is 1.09 bits per heavy atom. The third-order valence-electron chi connectivity index (χ3n) is 3.92. The molecule has 0 aromatic heterocycles. The molecule has 1 heterocycles. The van der Waals surface area contributed by atoms with E-state index in [9.17, 15) is 9.59 Å². The molecule has 1 aliphatic heterocycles. The molecule has 3 rings (SSSR count). The Bertz CT molecular complexity index is 696. The first-order chi connectivity index (χ1) is 10.7. The minimum absolute atomic E-state index is 0.0411. The molecule has 0 spiro atoms. The molecular weight excluding hydrogens is 278 g/mol. The second kappa shape index (κ2) is 6.02. The summed E-state index contributed by atoms with van der Waals surface area (Å²) in [6.45, 7) is 0.379. The standard InChI is InChI=1S/C18H17NO3/c1-22-18(21)15-11-17(20)19(12-15)16-9-5-8-14(10-16)13-6-3-2-4-7-13/h2-10,15H,11-12H2,1H3. The van der Waals surface area contributed by atoms with Gasteiger partial charge in [-0.3, -0.25) is 9.59 Å². The van der Waals surface area contributed by atoms with Gasteiger partial charge in [0.05, 0.1) is 13.0 Å². The molecule has 1 amide bonds. The number of carbonyl (C=O) groups excluding carboxylic acids is 2. The second-order valence-corrected chi connectivity index (χ2v) is 5.34. The van der Waals surface area contributed by atoms with Gasteiger partial charge in [0, 0.05) is 18.7 Å². The van der Waals surface area contributed by atoms with Crippen LogP contribution in [-0.2, 0) is 14.3 Å². The van der Waals surface area contributed by atoms with E-state index >= 15 is 0 Å². The summed E-state index contributed by atoms with van der Waals surface area (Å²) in [5, 5.41) is 0. The van der Waals surface area contributed by atoms with Gasteiger partial charge in [0.1, 0.15) is 0 Å². The SMILES string of the molecule is COC(=O)C1CC(=O)N(c2cccc(-c3ccccc3)c2)C1. The average molecular weight is 295 g/mol. The van der Waals surface area contributed by atoms with Gasteiger partial charge >= 0.3 is 5.97 Å². The predicted molar refractivity (Wildman–Crippen MR) is 84.4 cm³/mol. The number of hydrogen-bond acceptors (Lipinski definition) is 3. The monoisotopic (exact) mass is 295 g/mol. The van der Waals surface area contributed by atoms with E-state index in [2.05, 4.69) is 0 Å². The highest BCUT2D eigenvalue weighted by Gasteiger charge is 2.35. The van der Waals surface area contributed by atoms with E-state index in [0.717, 1.165) is 16.8 Å². The summed E-state index contributed by atoms with van der Waals surface area (Å²) in [6, 6.07) is 17.8. The van der Waals surface area contributed by atoms with E-state index in [1.54, 1.807) is 4.90 Å². The molecule has 1 aliphatic rings. The summed E-state index contributed by atoms with van der Waals surface area (Å²) >= 11 is 0. The fraction of sp³-hybridized carbons (Fsp3) is 0.222. The van der Waals surface area contributed by atoms with Gasteiger partial charge in [0.25, 0.3) is 0 Å². The van der Waals surface area contributed by atoms with Crippen molar-refractivity contribution in [3.63, 3.8) is 0 Å².